The molecule has 1 unspecified atom stereocenters. The summed E-state index contributed by atoms with van der Waals surface area (Å²) in [7, 11) is 0. The van der Waals surface area contributed by atoms with E-state index in [1.165, 1.54) is 0 Å². The molecule has 1 atom stereocenters. The van der Waals surface area contributed by atoms with E-state index in [1.54, 1.807) is 12.4 Å². The largest absolute Gasteiger partial charge is 0.368 e. The second-order valence-electron chi connectivity index (χ2n) is 3.64. The van der Waals surface area contributed by atoms with Gasteiger partial charge in [-0.2, -0.15) is 0 Å². The minimum Gasteiger partial charge on any atom is -0.368 e. The first-order valence-corrected chi connectivity index (χ1v) is 5.85. The van der Waals surface area contributed by atoms with Crippen molar-refractivity contribution < 1.29 is 4.79 Å². The van der Waals surface area contributed by atoms with Gasteiger partial charge < -0.3 is 16.0 Å². The van der Waals surface area contributed by atoms with Crippen molar-refractivity contribution >= 4 is 27.5 Å². The van der Waals surface area contributed by atoms with Crippen molar-refractivity contribution in [1.82, 2.24) is 10.3 Å². The number of primary amides is 1. The number of rotatable bonds is 2. The molecule has 0 radical (unpaired) electrons. The summed E-state index contributed by atoms with van der Waals surface area (Å²) in [4.78, 5) is 17.4. The van der Waals surface area contributed by atoms with E-state index < -0.39 is 0 Å². The topological polar surface area (TPSA) is 71.2 Å². The Morgan fingerprint density at radius 3 is 3.19 bits per heavy atom. The highest BCUT2D eigenvalue weighted by atomic mass is 79.9. The van der Waals surface area contributed by atoms with Gasteiger partial charge in [-0.15, -0.1) is 0 Å². The Kier molecular flexibility index (Phi) is 3.40. The highest BCUT2D eigenvalue weighted by Crippen LogP contribution is 2.26. The molecule has 1 fully saturated rings. The zero-order valence-electron chi connectivity index (χ0n) is 8.69. The van der Waals surface area contributed by atoms with E-state index in [0.29, 0.717) is 6.54 Å². The van der Waals surface area contributed by atoms with Crippen molar-refractivity contribution in [2.75, 3.05) is 24.5 Å². The molecule has 0 bridgehead atoms. The summed E-state index contributed by atoms with van der Waals surface area (Å²) < 4.78 is 0.878. The lowest BCUT2D eigenvalue weighted by atomic mass is 10.1. The Hall–Kier alpha value is -1.14. The molecule has 0 aromatic carbocycles. The second kappa shape index (κ2) is 4.80. The number of nitrogens with two attached hydrogens (primary N) is 1. The average Bonchev–Trinajstić information content (AvgIpc) is 2.29. The summed E-state index contributed by atoms with van der Waals surface area (Å²) in [6, 6.07) is 1.58. The number of amides is 1. The standard InChI is InChI=1S/C10H13BrN4O/c11-7-5-13-2-1-8(7)15-4-3-14-6-9(15)10(12)16/h1-2,5,9,14H,3-4,6H2,(H2,12,16). The fraction of sp³-hybridized carbons (Fsp3) is 0.400. The van der Waals surface area contributed by atoms with Gasteiger partial charge >= 0.3 is 0 Å². The van der Waals surface area contributed by atoms with Gasteiger partial charge in [0, 0.05) is 32.0 Å². The molecule has 0 saturated carbocycles. The zero-order chi connectivity index (χ0) is 11.5. The van der Waals surface area contributed by atoms with Gasteiger partial charge in [0.1, 0.15) is 6.04 Å². The molecule has 1 saturated heterocycles. The van der Waals surface area contributed by atoms with Crippen molar-refractivity contribution in [1.29, 1.82) is 0 Å². The SMILES string of the molecule is NC(=O)C1CNCCN1c1ccncc1Br. The first kappa shape index (κ1) is 11.3. The smallest absolute Gasteiger partial charge is 0.241 e. The highest BCUT2D eigenvalue weighted by Gasteiger charge is 2.27. The van der Waals surface area contributed by atoms with Crippen LogP contribution in [0.25, 0.3) is 0 Å². The van der Waals surface area contributed by atoms with Crippen LogP contribution in [0, 0.1) is 0 Å². The van der Waals surface area contributed by atoms with Gasteiger partial charge in [0.05, 0.1) is 10.2 Å². The van der Waals surface area contributed by atoms with Crippen molar-refractivity contribution in [3.63, 3.8) is 0 Å². The van der Waals surface area contributed by atoms with E-state index in [2.05, 4.69) is 26.2 Å². The van der Waals surface area contributed by atoms with Gasteiger partial charge in [-0.1, -0.05) is 0 Å². The molecule has 1 aliphatic rings. The van der Waals surface area contributed by atoms with Gasteiger partial charge in [0.25, 0.3) is 0 Å². The van der Waals surface area contributed by atoms with Crippen LogP contribution in [0.1, 0.15) is 0 Å². The van der Waals surface area contributed by atoms with Crippen LogP contribution in [0.5, 0.6) is 0 Å². The first-order valence-electron chi connectivity index (χ1n) is 5.06. The number of anilines is 1. The van der Waals surface area contributed by atoms with Crippen molar-refractivity contribution in [3.05, 3.63) is 22.9 Å². The lowest BCUT2D eigenvalue weighted by molar-refractivity contribution is -0.119. The Morgan fingerprint density at radius 2 is 2.50 bits per heavy atom. The molecule has 6 heteroatoms. The van der Waals surface area contributed by atoms with E-state index in [-0.39, 0.29) is 11.9 Å². The number of halogens is 1. The maximum Gasteiger partial charge on any atom is 0.241 e. The summed E-state index contributed by atoms with van der Waals surface area (Å²) in [6.07, 6.45) is 3.43. The second-order valence-corrected chi connectivity index (χ2v) is 4.50. The third-order valence-electron chi connectivity index (χ3n) is 2.63. The molecule has 1 aromatic rings. The predicted octanol–water partition coefficient (Wildman–Crippen LogP) is 0.108. The third kappa shape index (κ3) is 2.17. The molecule has 0 spiro atoms. The number of hydrogen-bond donors (Lipinski definition) is 2. The molecule has 2 rings (SSSR count). The molecule has 1 amide bonds. The highest BCUT2D eigenvalue weighted by molar-refractivity contribution is 9.10. The number of aromatic nitrogens is 1. The summed E-state index contributed by atoms with van der Waals surface area (Å²) in [5.41, 5.74) is 6.35. The summed E-state index contributed by atoms with van der Waals surface area (Å²) in [5.74, 6) is -0.309. The quantitative estimate of drug-likeness (QED) is 0.809. The van der Waals surface area contributed by atoms with Crippen LogP contribution in [-0.4, -0.2) is 36.6 Å². The lowest BCUT2D eigenvalue weighted by Crippen LogP contribution is -2.57. The van der Waals surface area contributed by atoms with Crippen LogP contribution in [0.4, 0.5) is 5.69 Å². The number of nitrogens with one attached hydrogen (secondary N) is 1. The number of carbonyl (C=O) groups is 1. The van der Waals surface area contributed by atoms with Gasteiger partial charge in [-0.3, -0.25) is 9.78 Å². The van der Waals surface area contributed by atoms with Crippen molar-refractivity contribution in [2.24, 2.45) is 5.73 Å². The molecule has 5 nitrogen and oxygen atoms in total. The van der Waals surface area contributed by atoms with Crippen LogP contribution in [0.15, 0.2) is 22.9 Å². The predicted molar refractivity (Wildman–Crippen MR) is 65.1 cm³/mol. The van der Waals surface area contributed by atoms with Gasteiger partial charge in [0.15, 0.2) is 0 Å². The molecular weight excluding hydrogens is 272 g/mol. The molecular formula is C10H13BrN4O. The normalized spacial score (nSPS) is 20.8. The van der Waals surface area contributed by atoms with E-state index in [1.807, 2.05) is 11.0 Å². The van der Waals surface area contributed by atoms with Crippen LogP contribution in [0.3, 0.4) is 0 Å². The van der Waals surface area contributed by atoms with Crippen molar-refractivity contribution in [2.45, 2.75) is 6.04 Å². The average molecular weight is 285 g/mol. The van der Waals surface area contributed by atoms with Gasteiger partial charge in [-0.25, -0.2) is 0 Å². The third-order valence-corrected chi connectivity index (χ3v) is 3.24. The van der Waals surface area contributed by atoms with Crippen LogP contribution in [-0.2, 0) is 4.79 Å². The summed E-state index contributed by atoms with van der Waals surface area (Å²) >= 11 is 3.43. The molecule has 86 valence electrons. The van der Waals surface area contributed by atoms with E-state index >= 15 is 0 Å². The fourth-order valence-corrected chi connectivity index (χ4v) is 2.33. The Balaban J connectivity index is 2.30. The van der Waals surface area contributed by atoms with Crippen molar-refractivity contribution in [3.8, 4) is 0 Å². The monoisotopic (exact) mass is 284 g/mol. The Morgan fingerprint density at radius 1 is 1.69 bits per heavy atom. The zero-order valence-corrected chi connectivity index (χ0v) is 10.3. The number of carbonyl (C=O) groups excluding carboxylic acids is 1. The molecule has 1 aliphatic heterocycles. The summed E-state index contributed by atoms with van der Waals surface area (Å²) in [6.45, 7) is 2.19. The number of piperazine rings is 1. The molecule has 2 heterocycles. The number of hydrogen-bond acceptors (Lipinski definition) is 4. The molecule has 0 aliphatic carbocycles. The fourth-order valence-electron chi connectivity index (χ4n) is 1.85. The minimum atomic E-state index is -0.309. The van der Waals surface area contributed by atoms with E-state index in [4.69, 9.17) is 5.73 Å². The van der Waals surface area contributed by atoms with Gasteiger partial charge in [-0.05, 0) is 22.0 Å². The van der Waals surface area contributed by atoms with Crippen LogP contribution < -0.4 is 16.0 Å². The van der Waals surface area contributed by atoms with Crippen LogP contribution >= 0.6 is 15.9 Å². The Bertz CT molecular complexity index is 398. The lowest BCUT2D eigenvalue weighted by Gasteiger charge is -2.36. The minimum absolute atomic E-state index is 0.299. The van der Waals surface area contributed by atoms with E-state index in [9.17, 15) is 4.79 Å². The maximum atomic E-state index is 11.4. The number of pyridine rings is 1. The van der Waals surface area contributed by atoms with Crippen LogP contribution in [0.2, 0.25) is 0 Å². The molecule has 16 heavy (non-hydrogen) atoms. The maximum absolute atomic E-state index is 11.4. The number of nitrogens with zero attached hydrogens (tertiary/aromatic N) is 2. The summed E-state index contributed by atoms with van der Waals surface area (Å²) in [5, 5.41) is 3.16. The van der Waals surface area contributed by atoms with E-state index in [0.717, 1.165) is 23.2 Å². The Labute approximate surface area is 102 Å². The molecule has 3 N–H and O–H groups in total. The molecule has 1 aromatic heterocycles. The van der Waals surface area contributed by atoms with Gasteiger partial charge in [0.2, 0.25) is 5.91 Å². The first-order chi connectivity index (χ1) is 7.70.